The van der Waals surface area contributed by atoms with E-state index in [1.807, 2.05) is 0 Å². The number of hydrogen-bond donors (Lipinski definition) is 1. The summed E-state index contributed by atoms with van der Waals surface area (Å²) >= 11 is 0. The first kappa shape index (κ1) is 21.1. The highest BCUT2D eigenvalue weighted by molar-refractivity contribution is 7.89. The lowest BCUT2D eigenvalue weighted by atomic mass is 9.97. The maximum Gasteiger partial charge on any atom is 0.337 e. The number of nitrogens with zero attached hydrogens (tertiary/aromatic N) is 1. The first-order chi connectivity index (χ1) is 13.8. The molecule has 1 aromatic carbocycles. The van der Waals surface area contributed by atoms with Gasteiger partial charge in [0, 0.05) is 19.0 Å². The predicted octanol–water partition coefficient (Wildman–Crippen LogP) is 2.09. The Kier molecular flexibility index (Phi) is 6.39. The van der Waals surface area contributed by atoms with Crippen LogP contribution in [0.5, 0.6) is 0 Å². The number of aryl methyl sites for hydroxylation is 1. The number of esters is 1. The van der Waals surface area contributed by atoms with Gasteiger partial charge in [0.2, 0.25) is 15.9 Å². The number of carbonyl (C=O) groups excluding carboxylic acids is 2. The Hall–Kier alpha value is -2.65. The second kappa shape index (κ2) is 8.79. The zero-order valence-corrected chi connectivity index (χ0v) is 17.2. The Morgan fingerprint density at radius 1 is 1.24 bits per heavy atom. The molecule has 1 fully saturated rings. The van der Waals surface area contributed by atoms with Crippen LogP contribution >= 0.6 is 0 Å². The minimum absolute atomic E-state index is 0.0999. The Labute approximate surface area is 169 Å². The number of piperidine rings is 1. The van der Waals surface area contributed by atoms with Gasteiger partial charge in [-0.25, -0.2) is 13.2 Å². The van der Waals surface area contributed by atoms with Gasteiger partial charge in [0.15, 0.2) is 0 Å². The molecule has 1 amide bonds. The van der Waals surface area contributed by atoms with E-state index < -0.39 is 16.0 Å². The van der Waals surface area contributed by atoms with E-state index >= 15 is 0 Å². The molecule has 0 unspecified atom stereocenters. The lowest BCUT2D eigenvalue weighted by Crippen LogP contribution is -2.43. The smallest absolute Gasteiger partial charge is 0.337 e. The highest BCUT2D eigenvalue weighted by Crippen LogP contribution is 2.26. The number of rotatable bonds is 6. The molecule has 1 N–H and O–H groups in total. The molecule has 156 valence electrons. The summed E-state index contributed by atoms with van der Waals surface area (Å²) in [5.74, 6) is -0.182. The summed E-state index contributed by atoms with van der Waals surface area (Å²) in [5.41, 5.74) is 0.780. The number of ether oxygens (including phenoxy) is 1. The Morgan fingerprint density at radius 3 is 2.55 bits per heavy atom. The van der Waals surface area contributed by atoms with Crippen LogP contribution in [0.25, 0.3) is 0 Å². The van der Waals surface area contributed by atoms with E-state index in [9.17, 15) is 18.0 Å². The molecule has 0 radical (unpaired) electrons. The van der Waals surface area contributed by atoms with Crippen molar-refractivity contribution in [2.45, 2.75) is 31.2 Å². The summed E-state index contributed by atoms with van der Waals surface area (Å²) in [6.45, 7) is 2.49. The van der Waals surface area contributed by atoms with Crippen LogP contribution in [0.3, 0.4) is 0 Å². The van der Waals surface area contributed by atoms with Crippen LogP contribution < -0.4 is 5.32 Å². The summed E-state index contributed by atoms with van der Waals surface area (Å²) < 4.78 is 37.3. The quantitative estimate of drug-likeness (QED) is 0.718. The van der Waals surface area contributed by atoms with Gasteiger partial charge in [-0.2, -0.15) is 4.31 Å². The highest BCUT2D eigenvalue weighted by Gasteiger charge is 2.33. The maximum absolute atomic E-state index is 13.0. The molecule has 29 heavy (non-hydrogen) atoms. The topological polar surface area (TPSA) is 106 Å². The summed E-state index contributed by atoms with van der Waals surface area (Å²) in [4.78, 5) is 24.1. The molecule has 8 nitrogen and oxygen atoms in total. The van der Waals surface area contributed by atoms with E-state index in [1.165, 1.54) is 29.6 Å². The molecule has 1 aliphatic heterocycles. The first-order valence-electron chi connectivity index (χ1n) is 9.32. The lowest BCUT2D eigenvalue weighted by molar-refractivity contribution is -0.126. The molecule has 1 aromatic heterocycles. The number of benzene rings is 1. The number of nitrogens with one attached hydrogen (secondary N) is 1. The van der Waals surface area contributed by atoms with Crippen molar-refractivity contribution in [3.63, 3.8) is 0 Å². The van der Waals surface area contributed by atoms with Crippen LogP contribution in [0, 0.1) is 12.8 Å². The third kappa shape index (κ3) is 4.68. The third-order valence-electron chi connectivity index (χ3n) is 5.06. The fourth-order valence-corrected chi connectivity index (χ4v) is 5.09. The molecule has 2 heterocycles. The molecule has 0 atom stereocenters. The Balaban J connectivity index is 1.62. The van der Waals surface area contributed by atoms with Crippen molar-refractivity contribution in [2.75, 3.05) is 20.2 Å². The van der Waals surface area contributed by atoms with Crippen LogP contribution in [0.1, 0.15) is 34.5 Å². The molecule has 1 aliphatic rings. The molecular formula is C20H24N2O6S. The van der Waals surface area contributed by atoms with Crippen molar-refractivity contribution in [1.29, 1.82) is 0 Å². The van der Waals surface area contributed by atoms with Crippen LogP contribution in [0.15, 0.2) is 45.9 Å². The average molecular weight is 420 g/mol. The van der Waals surface area contributed by atoms with Gasteiger partial charge < -0.3 is 14.5 Å². The number of furan rings is 1. The monoisotopic (exact) mass is 420 g/mol. The summed E-state index contributed by atoms with van der Waals surface area (Å²) in [7, 11) is -2.43. The number of sulfonamides is 1. The summed E-state index contributed by atoms with van der Waals surface area (Å²) in [6, 6.07) is 7.92. The van der Waals surface area contributed by atoms with Crippen molar-refractivity contribution in [1.82, 2.24) is 9.62 Å². The Bertz CT molecular complexity index is 976. The number of amides is 1. The second-order valence-electron chi connectivity index (χ2n) is 6.95. The molecular weight excluding hydrogens is 396 g/mol. The van der Waals surface area contributed by atoms with E-state index in [2.05, 4.69) is 10.1 Å². The van der Waals surface area contributed by atoms with Crippen molar-refractivity contribution in [2.24, 2.45) is 5.92 Å². The van der Waals surface area contributed by atoms with E-state index in [1.54, 1.807) is 25.3 Å². The van der Waals surface area contributed by atoms with Crippen molar-refractivity contribution < 1.29 is 27.2 Å². The van der Waals surface area contributed by atoms with Crippen LogP contribution in [-0.2, 0) is 26.1 Å². The van der Waals surface area contributed by atoms with Gasteiger partial charge in [0.25, 0.3) is 0 Å². The van der Waals surface area contributed by atoms with Gasteiger partial charge in [-0.15, -0.1) is 0 Å². The van der Waals surface area contributed by atoms with Gasteiger partial charge >= 0.3 is 5.97 Å². The molecule has 1 saturated heterocycles. The molecule has 0 spiro atoms. The zero-order chi connectivity index (χ0) is 21.0. The molecule has 0 saturated carbocycles. The fourth-order valence-electron chi connectivity index (χ4n) is 3.41. The van der Waals surface area contributed by atoms with E-state index in [-0.39, 0.29) is 29.8 Å². The lowest BCUT2D eigenvalue weighted by Gasteiger charge is -2.31. The van der Waals surface area contributed by atoms with E-state index in [4.69, 9.17) is 4.42 Å². The molecule has 0 aliphatic carbocycles. The van der Waals surface area contributed by atoms with Crippen molar-refractivity contribution in [3.05, 3.63) is 53.5 Å². The fraction of sp³-hybridized carbons (Fsp3) is 0.400. The van der Waals surface area contributed by atoms with Gasteiger partial charge in [-0.1, -0.05) is 0 Å². The molecule has 0 bridgehead atoms. The summed E-state index contributed by atoms with van der Waals surface area (Å²) in [5, 5.41) is 2.83. The number of hydrogen-bond acceptors (Lipinski definition) is 6. The largest absolute Gasteiger partial charge is 0.467 e. The standard InChI is InChI=1S/C20H24N2O6S/c1-14-12-16(20(24)27-2)5-6-18(14)29(25,26)22-9-7-15(8-10-22)19(23)21-13-17-4-3-11-28-17/h3-6,11-12,15H,7-10,13H2,1-2H3,(H,21,23). The van der Waals surface area contributed by atoms with E-state index in [0.29, 0.717) is 36.3 Å². The SMILES string of the molecule is COC(=O)c1ccc(S(=O)(=O)N2CCC(C(=O)NCc3ccco3)CC2)c(C)c1. The second-order valence-corrected chi connectivity index (χ2v) is 8.85. The van der Waals surface area contributed by atoms with Crippen LogP contribution in [0.4, 0.5) is 0 Å². The maximum atomic E-state index is 13.0. The van der Waals surface area contributed by atoms with E-state index in [0.717, 1.165) is 0 Å². The van der Waals surface area contributed by atoms with Crippen molar-refractivity contribution >= 4 is 21.9 Å². The van der Waals surface area contributed by atoms with Crippen molar-refractivity contribution in [3.8, 4) is 0 Å². The molecule has 2 aromatic rings. The van der Waals surface area contributed by atoms with Gasteiger partial charge in [0.1, 0.15) is 5.76 Å². The third-order valence-corrected chi connectivity index (χ3v) is 7.11. The van der Waals surface area contributed by atoms with Crippen LogP contribution in [0.2, 0.25) is 0 Å². The average Bonchev–Trinajstić information content (AvgIpc) is 3.25. The molecule has 9 heteroatoms. The Morgan fingerprint density at radius 2 is 1.97 bits per heavy atom. The minimum atomic E-state index is -3.70. The minimum Gasteiger partial charge on any atom is -0.467 e. The number of methoxy groups -OCH3 is 1. The van der Waals surface area contributed by atoms with Crippen LogP contribution in [-0.4, -0.2) is 44.8 Å². The number of carbonyl (C=O) groups is 2. The predicted molar refractivity (Wildman–Crippen MR) is 105 cm³/mol. The van der Waals surface area contributed by atoms with Gasteiger partial charge in [0.05, 0.1) is 30.4 Å². The van der Waals surface area contributed by atoms with Gasteiger partial charge in [-0.05, 0) is 55.7 Å². The summed E-state index contributed by atoms with van der Waals surface area (Å²) in [6.07, 6.45) is 2.44. The van der Waals surface area contributed by atoms with Gasteiger partial charge in [-0.3, -0.25) is 4.79 Å². The normalized spacial score (nSPS) is 15.8. The highest BCUT2D eigenvalue weighted by atomic mass is 32.2. The zero-order valence-electron chi connectivity index (χ0n) is 16.4. The first-order valence-corrected chi connectivity index (χ1v) is 10.8. The molecule has 3 rings (SSSR count).